The minimum atomic E-state index is -3.81. The molecule has 45 heavy (non-hydrogen) atoms. The normalized spacial score (nSPS) is 14.7. The highest BCUT2D eigenvalue weighted by molar-refractivity contribution is 7.89. The van der Waals surface area contributed by atoms with E-state index in [9.17, 15) is 26.8 Å². The molecule has 0 bridgehead atoms. The van der Waals surface area contributed by atoms with Crippen molar-refractivity contribution in [3.05, 3.63) is 118 Å². The lowest BCUT2D eigenvalue weighted by Gasteiger charge is -2.26. The summed E-state index contributed by atoms with van der Waals surface area (Å²) in [6, 6.07) is 18.2. The van der Waals surface area contributed by atoms with E-state index in [1.54, 1.807) is 30.5 Å². The molecule has 3 heterocycles. The maximum absolute atomic E-state index is 14.1. The lowest BCUT2D eigenvalue weighted by Crippen LogP contribution is -2.40. The van der Waals surface area contributed by atoms with Crippen molar-refractivity contribution >= 4 is 27.3 Å². The third-order valence-electron chi connectivity index (χ3n) is 7.50. The monoisotopic (exact) mass is 631 g/mol. The number of carbonyl (C=O) groups is 1. The number of pyridine rings is 1. The Morgan fingerprint density at radius 3 is 2.36 bits per heavy atom. The third kappa shape index (κ3) is 6.23. The van der Waals surface area contributed by atoms with Gasteiger partial charge in [0.15, 0.2) is 0 Å². The number of nitrogens with zero attached hydrogens (tertiary/aromatic N) is 4. The van der Waals surface area contributed by atoms with Crippen molar-refractivity contribution in [3.8, 4) is 16.9 Å². The Labute approximate surface area is 257 Å². The molecular formula is C32H27F2N5O5S. The standard InChI is InChI=1S/C32H27F2N5O5S/c33-23-15-21(16-24(34)19-23)17-30(36-20-40)31-37-29-18-22(28-3-1-2-10-35-28)4-9-27(29)32(41)39(31)25-5-7-26(8-6-25)45(42,43)38-11-13-44-14-12-38/h1-10,15-16,18-20,30H,11-14,17H2,(H,36,40). The van der Waals surface area contributed by atoms with Crippen molar-refractivity contribution in [3.63, 3.8) is 0 Å². The van der Waals surface area contributed by atoms with Gasteiger partial charge in [-0.2, -0.15) is 4.31 Å². The van der Waals surface area contributed by atoms with Gasteiger partial charge in [-0.15, -0.1) is 0 Å². The predicted molar refractivity (Wildman–Crippen MR) is 162 cm³/mol. The molecule has 0 aliphatic carbocycles. The molecule has 13 heteroatoms. The summed E-state index contributed by atoms with van der Waals surface area (Å²) in [7, 11) is -3.81. The number of sulfonamides is 1. The number of aromatic nitrogens is 3. The summed E-state index contributed by atoms with van der Waals surface area (Å²) in [5, 5.41) is 2.89. The van der Waals surface area contributed by atoms with Crippen LogP contribution in [0.4, 0.5) is 8.78 Å². The largest absolute Gasteiger partial charge is 0.379 e. The number of carbonyl (C=O) groups excluding carboxylic acids is 1. The molecular weight excluding hydrogens is 604 g/mol. The average Bonchev–Trinajstić information content (AvgIpc) is 3.05. The number of rotatable bonds is 9. The van der Waals surface area contributed by atoms with E-state index in [2.05, 4.69) is 10.3 Å². The number of fused-ring (bicyclic) bond motifs is 1. The van der Waals surface area contributed by atoms with Crippen LogP contribution in [0.5, 0.6) is 0 Å². The van der Waals surface area contributed by atoms with E-state index in [0.717, 1.165) is 18.2 Å². The van der Waals surface area contributed by atoms with Crippen LogP contribution < -0.4 is 10.9 Å². The number of hydrogen-bond acceptors (Lipinski definition) is 7. The summed E-state index contributed by atoms with van der Waals surface area (Å²) in [6.07, 6.45) is 1.96. The van der Waals surface area contributed by atoms with Gasteiger partial charge in [0.05, 0.1) is 46.4 Å². The van der Waals surface area contributed by atoms with Crippen molar-refractivity contribution in [1.29, 1.82) is 0 Å². The average molecular weight is 632 g/mol. The van der Waals surface area contributed by atoms with Crippen LogP contribution >= 0.6 is 0 Å². The molecule has 0 radical (unpaired) electrons. The quantitative estimate of drug-likeness (QED) is 0.246. The second-order valence-electron chi connectivity index (χ2n) is 10.4. The Hall–Kier alpha value is -4.85. The molecule has 1 N–H and O–H groups in total. The molecule has 6 rings (SSSR count). The molecule has 1 aliphatic heterocycles. The Balaban J connectivity index is 1.51. The van der Waals surface area contributed by atoms with Gasteiger partial charge in [0.1, 0.15) is 17.5 Å². The van der Waals surface area contributed by atoms with Gasteiger partial charge in [0.25, 0.3) is 5.56 Å². The zero-order valence-electron chi connectivity index (χ0n) is 23.8. The third-order valence-corrected chi connectivity index (χ3v) is 9.41. The van der Waals surface area contributed by atoms with Crippen LogP contribution in [0.3, 0.4) is 0 Å². The lowest BCUT2D eigenvalue weighted by atomic mass is 10.0. The summed E-state index contributed by atoms with van der Waals surface area (Å²) in [5.74, 6) is -1.52. The van der Waals surface area contributed by atoms with Crippen LogP contribution in [-0.2, 0) is 26.0 Å². The summed E-state index contributed by atoms with van der Waals surface area (Å²) >= 11 is 0. The van der Waals surface area contributed by atoms with Crippen molar-refractivity contribution in [2.45, 2.75) is 17.4 Å². The molecule has 2 aromatic heterocycles. The number of nitrogens with one attached hydrogen (secondary N) is 1. The van der Waals surface area contributed by atoms with E-state index < -0.39 is 33.3 Å². The topological polar surface area (TPSA) is 123 Å². The van der Waals surface area contributed by atoms with Crippen LogP contribution in [0.2, 0.25) is 0 Å². The van der Waals surface area contributed by atoms with E-state index in [4.69, 9.17) is 9.72 Å². The minimum Gasteiger partial charge on any atom is -0.379 e. The zero-order valence-corrected chi connectivity index (χ0v) is 24.6. The molecule has 5 aromatic rings. The van der Waals surface area contributed by atoms with Gasteiger partial charge >= 0.3 is 0 Å². The Morgan fingerprint density at radius 1 is 0.956 bits per heavy atom. The van der Waals surface area contributed by atoms with Gasteiger partial charge in [0, 0.05) is 37.3 Å². The van der Waals surface area contributed by atoms with Crippen molar-refractivity contribution in [1.82, 2.24) is 24.2 Å². The fraction of sp³-hybridized carbons (Fsp3) is 0.188. The molecule has 1 aliphatic rings. The highest BCUT2D eigenvalue weighted by atomic mass is 32.2. The van der Waals surface area contributed by atoms with E-state index in [1.165, 1.54) is 33.1 Å². The molecule has 1 amide bonds. The van der Waals surface area contributed by atoms with Crippen LogP contribution in [0, 0.1) is 11.6 Å². The van der Waals surface area contributed by atoms with Gasteiger partial charge in [-0.1, -0.05) is 12.1 Å². The molecule has 10 nitrogen and oxygen atoms in total. The number of halogens is 2. The second kappa shape index (κ2) is 12.6. The SMILES string of the molecule is O=CNC(Cc1cc(F)cc(F)c1)c1nc2cc(-c3ccccn3)ccc2c(=O)n1-c1ccc(S(=O)(=O)N2CCOCC2)cc1. The van der Waals surface area contributed by atoms with Gasteiger partial charge in [-0.05, 0) is 66.2 Å². The summed E-state index contributed by atoms with van der Waals surface area (Å²) in [6.45, 7) is 1.04. The maximum Gasteiger partial charge on any atom is 0.266 e. The minimum absolute atomic E-state index is 0.0364. The van der Waals surface area contributed by atoms with E-state index in [0.29, 0.717) is 36.4 Å². The van der Waals surface area contributed by atoms with E-state index in [-0.39, 0.29) is 46.9 Å². The first-order valence-corrected chi connectivity index (χ1v) is 15.5. The zero-order chi connectivity index (χ0) is 31.6. The van der Waals surface area contributed by atoms with Crippen LogP contribution in [0.25, 0.3) is 27.8 Å². The van der Waals surface area contributed by atoms with Crippen molar-refractivity contribution in [2.75, 3.05) is 26.3 Å². The molecule has 1 saturated heterocycles. The number of amides is 1. The van der Waals surface area contributed by atoms with E-state index in [1.807, 2.05) is 12.1 Å². The first-order chi connectivity index (χ1) is 21.7. The first kappa shape index (κ1) is 30.2. The first-order valence-electron chi connectivity index (χ1n) is 14.1. The smallest absolute Gasteiger partial charge is 0.266 e. The van der Waals surface area contributed by atoms with Crippen molar-refractivity contribution in [2.24, 2.45) is 0 Å². The fourth-order valence-electron chi connectivity index (χ4n) is 5.35. The van der Waals surface area contributed by atoms with Crippen LogP contribution in [-0.4, -0.2) is 60.0 Å². The van der Waals surface area contributed by atoms with Crippen LogP contribution in [0.1, 0.15) is 17.4 Å². The highest BCUT2D eigenvalue weighted by Crippen LogP contribution is 2.26. The van der Waals surface area contributed by atoms with Crippen LogP contribution in [0.15, 0.2) is 94.7 Å². The summed E-state index contributed by atoms with van der Waals surface area (Å²) in [4.78, 5) is 35.1. The molecule has 1 fully saturated rings. The maximum atomic E-state index is 14.1. The lowest BCUT2D eigenvalue weighted by molar-refractivity contribution is -0.110. The fourth-order valence-corrected chi connectivity index (χ4v) is 6.76. The number of morpholine rings is 1. The second-order valence-corrected chi connectivity index (χ2v) is 12.3. The highest BCUT2D eigenvalue weighted by Gasteiger charge is 2.27. The summed E-state index contributed by atoms with van der Waals surface area (Å²) < 4.78 is 62.5. The van der Waals surface area contributed by atoms with Gasteiger partial charge in [-0.25, -0.2) is 22.2 Å². The number of benzene rings is 3. The van der Waals surface area contributed by atoms with E-state index >= 15 is 0 Å². The van der Waals surface area contributed by atoms with Gasteiger partial charge in [0.2, 0.25) is 16.4 Å². The molecule has 0 spiro atoms. The Kier molecular flexibility index (Phi) is 8.48. The Morgan fingerprint density at radius 2 is 1.69 bits per heavy atom. The van der Waals surface area contributed by atoms with Gasteiger partial charge < -0.3 is 10.1 Å². The molecule has 1 unspecified atom stereocenters. The van der Waals surface area contributed by atoms with Crippen molar-refractivity contribution < 1.29 is 26.7 Å². The summed E-state index contributed by atoms with van der Waals surface area (Å²) in [5.41, 5.74) is 1.67. The Bertz CT molecular complexity index is 2010. The molecule has 0 saturated carbocycles. The number of hydrogen-bond donors (Lipinski definition) is 1. The molecule has 3 aromatic carbocycles. The molecule has 1 atom stereocenters. The number of ether oxygens (including phenoxy) is 1. The van der Waals surface area contributed by atoms with Gasteiger partial charge in [-0.3, -0.25) is 19.1 Å². The predicted octanol–water partition coefficient (Wildman–Crippen LogP) is 3.78. The molecule has 230 valence electrons.